The first-order valence-electron chi connectivity index (χ1n) is 7.13. The Bertz CT molecular complexity index is 620. The van der Waals surface area contributed by atoms with Gasteiger partial charge in [0.05, 0.1) is 6.04 Å². The van der Waals surface area contributed by atoms with Crippen LogP contribution in [0.2, 0.25) is 0 Å². The summed E-state index contributed by atoms with van der Waals surface area (Å²) in [6, 6.07) is -0.234. The van der Waals surface area contributed by atoms with E-state index in [2.05, 4.69) is 25.2 Å². The van der Waals surface area contributed by atoms with Gasteiger partial charge >= 0.3 is 0 Å². The highest BCUT2D eigenvalue weighted by atomic mass is 16.2. The second-order valence-electron chi connectivity index (χ2n) is 5.39. The molecule has 8 heteroatoms. The molecule has 3 heterocycles. The van der Waals surface area contributed by atoms with Gasteiger partial charge in [0.25, 0.3) is 5.91 Å². The van der Waals surface area contributed by atoms with Gasteiger partial charge in [-0.2, -0.15) is 5.10 Å². The van der Waals surface area contributed by atoms with Crippen molar-refractivity contribution in [3.63, 3.8) is 0 Å². The standard InChI is InChI=1S/C13H18N6O2/c1-8(12-16-15-10-4-3-7-19(10)12)14-13(21)9-5-6-11(20)18(2)17-9/h8H,3-7H2,1-2H3,(H,14,21)/t8-/m1/s1. The number of nitrogens with one attached hydrogen (secondary N) is 1. The molecule has 0 saturated heterocycles. The van der Waals surface area contributed by atoms with Crippen molar-refractivity contribution in [2.24, 2.45) is 5.10 Å². The molecule has 0 spiro atoms. The fraction of sp³-hybridized carbons (Fsp3) is 0.615. The van der Waals surface area contributed by atoms with E-state index in [4.69, 9.17) is 0 Å². The number of aryl methyl sites for hydroxylation is 1. The Balaban J connectivity index is 1.70. The second kappa shape index (κ2) is 5.27. The number of hydrazone groups is 1. The summed E-state index contributed by atoms with van der Waals surface area (Å²) in [7, 11) is 1.56. The van der Waals surface area contributed by atoms with Gasteiger partial charge in [-0.3, -0.25) is 9.59 Å². The topological polar surface area (TPSA) is 92.5 Å². The normalized spacial score (nSPS) is 19.2. The number of rotatable bonds is 3. The molecule has 0 aliphatic carbocycles. The highest BCUT2D eigenvalue weighted by Gasteiger charge is 2.26. The van der Waals surface area contributed by atoms with Crippen molar-refractivity contribution in [1.82, 2.24) is 25.1 Å². The number of nitrogens with zero attached hydrogens (tertiary/aromatic N) is 5. The van der Waals surface area contributed by atoms with E-state index in [-0.39, 0.29) is 17.9 Å². The van der Waals surface area contributed by atoms with Crippen LogP contribution in [0, 0.1) is 0 Å². The number of hydrogen-bond donors (Lipinski definition) is 1. The molecular formula is C13H18N6O2. The lowest BCUT2D eigenvalue weighted by Gasteiger charge is -2.20. The number of amides is 2. The van der Waals surface area contributed by atoms with Crippen LogP contribution in [-0.4, -0.2) is 44.3 Å². The molecule has 2 aliphatic rings. The van der Waals surface area contributed by atoms with E-state index >= 15 is 0 Å². The molecule has 0 aromatic carbocycles. The van der Waals surface area contributed by atoms with Gasteiger partial charge in [-0.1, -0.05) is 0 Å². The molecule has 0 fully saturated rings. The number of aromatic nitrogens is 3. The average molecular weight is 290 g/mol. The summed E-state index contributed by atoms with van der Waals surface area (Å²) in [6.45, 7) is 2.78. The van der Waals surface area contributed by atoms with Crippen molar-refractivity contribution < 1.29 is 9.59 Å². The number of carbonyl (C=O) groups excluding carboxylic acids is 2. The molecule has 0 unspecified atom stereocenters. The van der Waals surface area contributed by atoms with Crippen LogP contribution in [0.25, 0.3) is 0 Å². The number of fused-ring (bicyclic) bond motifs is 1. The molecule has 1 atom stereocenters. The summed E-state index contributed by atoms with van der Waals surface area (Å²) in [5.74, 6) is 1.43. The fourth-order valence-electron chi connectivity index (χ4n) is 2.67. The van der Waals surface area contributed by atoms with E-state index in [1.165, 1.54) is 5.01 Å². The Morgan fingerprint density at radius 1 is 1.29 bits per heavy atom. The van der Waals surface area contributed by atoms with Gasteiger partial charge in [-0.25, -0.2) is 5.01 Å². The third-order valence-electron chi connectivity index (χ3n) is 3.84. The summed E-state index contributed by atoms with van der Waals surface area (Å²) in [5, 5.41) is 16.4. The van der Waals surface area contributed by atoms with E-state index < -0.39 is 0 Å². The summed E-state index contributed by atoms with van der Waals surface area (Å²) in [5.41, 5.74) is 0.380. The number of hydrogen-bond acceptors (Lipinski definition) is 5. The van der Waals surface area contributed by atoms with Crippen LogP contribution in [-0.2, 0) is 22.6 Å². The highest BCUT2D eigenvalue weighted by molar-refractivity contribution is 6.39. The van der Waals surface area contributed by atoms with Crippen LogP contribution in [0.3, 0.4) is 0 Å². The first kappa shape index (κ1) is 13.7. The second-order valence-corrected chi connectivity index (χ2v) is 5.39. The van der Waals surface area contributed by atoms with Crippen molar-refractivity contribution in [1.29, 1.82) is 0 Å². The summed E-state index contributed by atoms with van der Waals surface area (Å²) in [4.78, 5) is 23.6. The van der Waals surface area contributed by atoms with Crippen molar-refractivity contribution in [3.8, 4) is 0 Å². The predicted molar refractivity (Wildman–Crippen MR) is 74.3 cm³/mol. The largest absolute Gasteiger partial charge is 0.341 e. The Morgan fingerprint density at radius 2 is 2.10 bits per heavy atom. The molecule has 112 valence electrons. The first-order chi connectivity index (χ1) is 10.1. The van der Waals surface area contributed by atoms with E-state index in [0.717, 1.165) is 31.0 Å². The Hall–Kier alpha value is -2.25. The lowest BCUT2D eigenvalue weighted by atomic mass is 10.1. The molecule has 8 nitrogen and oxygen atoms in total. The third kappa shape index (κ3) is 2.53. The van der Waals surface area contributed by atoms with Gasteiger partial charge in [0.2, 0.25) is 5.91 Å². The maximum absolute atomic E-state index is 12.2. The molecule has 0 radical (unpaired) electrons. The molecule has 0 saturated carbocycles. The molecule has 1 aromatic rings. The molecule has 3 rings (SSSR count). The molecule has 2 aliphatic heterocycles. The molecule has 1 aromatic heterocycles. The zero-order valence-electron chi connectivity index (χ0n) is 12.2. The van der Waals surface area contributed by atoms with Crippen LogP contribution >= 0.6 is 0 Å². The van der Waals surface area contributed by atoms with E-state index in [0.29, 0.717) is 18.6 Å². The van der Waals surface area contributed by atoms with Crippen LogP contribution in [0.5, 0.6) is 0 Å². The SMILES string of the molecule is C[C@@H](NC(=O)C1=NN(C)C(=O)CC1)c1nnc2n1CCC2. The smallest absolute Gasteiger partial charge is 0.268 e. The predicted octanol–water partition coefficient (Wildman–Crippen LogP) is 0.00970. The minimum absolute atomic E-state index is 0.0742. The summed E-state index contributed by atoms with van der Waals surface area (Å²) in [6.07, 6.45) is 2.70. The van der Waals surface area contributed by atoms with Crippen LogP contribution in [0.15, 0.2) is 5.10 Å². The van der Waals surface area contributed by atoms with E-state index in [1.54, 1.807) is 7.05 Å². The third-order valence-corrected chi connectivity index (χ3v) is 3.84. The minimum Gasteiger partial charge on any atom is -0.341 e. The van der Waals surface area contributed by atoms with Gasteiger partial charge < -0.3 is 9.88 Å². The van der Waals surface area contributed by atoms with Gasteiger partial charge in [0.1, 0.15) is 11.5 Å². The van der Waals surface area contributed by atoms with Gasteiger partial charge in [0, 0.05) is 32.9 Å². The molecule has 21 heavy (non-hydrogen) atoms. The summed E-state index contributed by atoms with van der Waals surface area (Å²) >= 11 is 0. The molecular weight excluding hydrogens is 272 g/mol. The molecule has 0 bridgehead atoms. The number of carbonyl (C=O) groups is 2. The zero-order chi connectivity index (χ0) is 15.0. The fourth-order valence-corrected chi connectivity index (χ4v) is 2.67. The van der Waals surface area contributed by atoms with Gasteiger partial charge in [0.15, 0.2) is 5.82 Å². The Labute approximate surface area is 122 Å². The lowest BCUT2D eigenvalue weighted by Crippen LogP contribution is -2.39. The first-order valence-corrected chi connectivity index (χ1v) is 7.13. The van der Waals surface area contributed by atoms with Crippen molar-refractivity contribution in [2.45, 2.75) is 45.2 Å². The van der Waals surface area contributed by atoms with Crippen molar-refractivity contribution >= 4 is 17.5 Å². The monoisotopic (exact) mass is 290 g/mol. The van der Waals surface area contributed by atoms with Crippen LogP contribution in [0.4, 0.5) is 0 Å². The maximum atomic E-state index is 12.2. The van der Waals surface area contributed by atoms with Crippen LogP contribution in [0.1, 0.15) is 43.9 Å². The Kier molecular flexibility index (Phi) is 3.44. The maximum Gasteiger partial charge on any atom is 0.268 e. The van der Waals surface area contributed by atoms with E-state index in [1.807, 2.05) is 6.92 Å². The van der Waals surface area contributed by atoms with Crippen molar-refractivity contribution in [3.05, 3.63) is 11.6 Å². The minimum atomic E-state index is -0.253. The van der Waals surface area contributed by atoms with Gasteiger partial charge in [-0.15, -0.1) is 10.2 Å². The molecule has 2 amide bonds. The highest BCUT2D eigenvalue weighted by Crippen LogP contribution is 2.19. The van der Waals surface area contributed by atoms with Crippen molar-refractivity contribution in [2.75, 3.05) is 7.05 Å². The average Bonchev–Trinajstić information content (AvgIpc) is 3.04. The lowest BCUT2D eigenvalue weighted by molar-refractivity contribution is -0.130. The van der Waals surface area contributed by atoms with Crippen LogP contribution < -0.4 is 5.32 Å². The summed E-state index contributed by atoms with van der Waals surface area (Å²) < 4.78 is 2.06. The quantitative estimate of drug-likeness (QED) is 0.848. The van der Waals surface area contributed by atoms with E-state index in [9.17, 15) is 9.59 Å². The molecule has 1 N–H and O–H groups in total. The van der Waals surface area contributed by atoms with Gasteiger partial charge in [-0.05, 0) is 13.3 Å². The zero-order valence-corrected chi connectivity index (χ0v) is 12.2. The Morgan fingerprint density at radius 3 is 2.86 bits per heavy atom.